The molecule has 1 saturated heterocycles. The Morgan fingerprint density at radius 1 is 1.64 bits per heavy atom. The van der Waals surface area contributed by atoms with Crippen molar-refractivity contribution in [2.75, 3.05) is 12.3 Å². The van der Waals surface area contributed by atoms with Gasteiger partial charge in [0.25, 0.3) is 0 Å². The molecule has 1 fully saturated rings. The van der Waals surface area contributed by atoms with E-state index in [4.69, 9.17) is 10.8 Å². The van der Waals surface area contributed by atoms with Gasteiger partial charge < -0.3 is 16.2 Å². The standard InChI is InChI=1S/C8H14N2O3S/c9-7(12)5(11)4-10-8(13)6-2-1-3-14-6/h5-6,11H,1-4H2,(H2,9,12)(H,10,13). The van der Waals surface area contributed by atoms with E-state index in [2.05, 4.69) is 5.32 Å². The number of carbonyl (C=O) groups is 2. The van der Waals surface area contributed by atoms with Gasteiger partial charge in [-0.2, -0.15) is 0 Å². The molecule has 1 rings (SSSR count). The SMILES string of the molecule is NC(=O)C(O)CNC(=O)C1CCCS1. The first kappa shape index (κ1) is 11.3. The summed E-state index contributed by atoms with van der Waals surface area (Å²) < 4.78 is 0. The van der Waals surface area contributed by atoms with Crippen LogP contribution in [0.25, 0.3) is 0 Å². The molecule has 0 spiro atoms. The van der Waals surface area contributed by atoms with Crippen LogP contribution in [0.1, 0.15) is 12.8 Å². The molecule has 0 radical (unpaired) electrons. The van der Waals surface area contributed by atoms with Crippen molar-refractivity contribution < 1.29 is 14.7 Å². The molecule has 0 aromatic rings. The number of hydrogen-bond acceptors (Lipinski definition) is 4. The van der Waals surface area contributed by atoms with Gasteiger partial charge in [-0.3, -0.25) is 9.59 Å². The van der Waals surface area contributed by atoms with E-state index in [0.29, 0.717) is 0 Å². The van der Waals surface area contributed by atoms with E-state index >= 15 is 0 Å². The minimum atomic E-state index is -1.29. The third-order valence-corrected chi connectivity index (χ3v) is 3.40. The lowest BCUT2D eigenvalue weighted by atomic mass is 10.2. The number of aliphatic hydroxyl groups excluding tert-OH is 1. The van der Waals surface area contributed by atoms with E-state index in [-0.39, 0.29) is 17.7 Å². The first-order chi connectivity index (χ1) is 6.61. The molecule has 2 unspecified atom stereocenters. The summed E-state index contributed by atoms with van der Waals surface area (Å²) in [6, 6.07) is 0. The number of thioether (sulfide) groups is 1. The minimum absolute atomic E-state index is 0.0323. The van der Waals surface area contributed by atoms with Crippen molar-refractivity contribution in [1.29, 1.82) is 0 Å². The van der Waals surface area contributed by atoms with Crippen LogP contribution in [0.5, 0.6) is 0 Å². The van der Waals surface area contributed by atoms with Crippen molar-refractivity contribution in [3.63, 3.8) is 0 Å². The molecule has 4 N–H and O–H groups in total. The molecule has 1 aliphatic rings. The van der Waals surface area contributed by atoms with Gasteiger partial charge in [0.2, 0.25) is 11.8 Å². The first-order valence-corrected chi connectivity index (χ1v) is 5.53. The average molecular weight is 218 g/mol. The average Bonchev–Trinajstić information content (AvgIpc) is 2.66. The summed E-state index contributed by atoms with van der Waals surface area (Å²) in [6.45, 7) is -0.0920. The molecule has 0 aromatic heterocycles. The van der Waals surface area contributed by atoms with Gasteiger partial charge in [-0.05, 0) is 18.6 Å². The van der Waals surface area contributed by atoms with Crippen molar-refractivity contribution in [2.24, 2.45) is 5.73 Å². The van der Waals surface area contributed by atoms with E-state index < -0.39 is 12.0 Å². The Morgan fingerprint density at radius 3 is 2.86 bits per heavy atom. The monoisotopic (exact) mass is 218 g/mol. The highest BCUT2D eigenvalue weighted by molar-refractivity contribution is 8.00. The molecular formula is C8H14N2O3S. The van der Waals surface area contributed by atoms with Crippen LogP contribution in [0, 0.1) is 0 Å². The summed E-state index contributed by atoms with van der Waals surface area (Å²) in [7, 11) is 0. The van der Waals surface area contributed by atoms with Crippen molar-refractivity contribution in [2.45, 2.75) is 24.2 Å². The van der Waals surface area contributed by atoms with Crippen molar-refractivity contribution in [3.8, 4) is 0 Å². The van der Waals surface area contributed by atoms with Crippen LogP contribution in [0.4, 0.5) is 0 Å². The molecule has 80 valence electrons. The molecule has 0 bridgehead atoms. The van der Waals surface area contributed by atoms with Gasteiger partial charge in [0.15, 0.2) is 0 Å². The number of primary amides is 1. The maximum Gasteiger partial charge on any atom is 0.248 e. The van der Waals surface area contributed by atoms with E-state index in [1.807, 2.05) is 0 Å². The molecule has 1 heterocycles. The van der Waals surface area contributed by atoms with Gasteiger partial charge in [0.05, 0.1) is 11.8 Å². The molecule has 14 heavy (non-hydrogen) atoms. The minimum Gasteiger partial charge on any atom is -0.381 e. The zero-order valence-corrected chi connectivity index (χ0v) is 8.55. The summed E-state index contributed by atoms with van der Waals surface area (Å²) in [6.07, 6.45) is 0.620. The molecule has 2 amide bonds. The zero-order chi connectivity index (χ0) is 10.6. The Balaban J connectivity index is 2.23. The topological polar surface area (TPSA) is 92.4 Å². The number of nitrogens with two attached hydrogens (primary N) is 1. The highest BCUT2D eigenvalue weighted by atomic mass is 32.2. The number of amides is 2. The second-order valence-corrected chi connectivity index (χ2v) is 4.48. The van der Waals surface area contributed by atoms with Gasteiger partial charge in [-0.1, -0.05) is 0 Å². The zero-order valence-electron chi connectivity index (χ0n) is 7.73. The Bertz CT molecular complexity index is 229. The van der Waals surface area contributed by atoms with Crippen LogP contribution in [0.15, 0.2) is 0 Å². The predicted molar refractivity (Wildman–Crippen MR) is 53.7 cm³/mol. The van der Waals surface area contributed by atoms with Crippen molar-refractivity contribution in [1.82, 2.24) is 5.32 Å². The Labute approximate surface area is 86.4 Å². The molecule has 5 nitrogen and oxygen atoms in total. The number of nitrogens with one attached hydrogen (secondary N) is 1. The highest BCUT2D eigenvalue weighted by Crippen LogP contribution is 2.25. The van der Waals surface area contributed by atoms with Crippen LogP contribution in [-0.2, 0) is 9.59 Å². The number of rotatable bonds is 4. The fourth-order valence-corrected chi connectivity index (χ4v) is 2.38. The quantitative estimate of drug-likeness (QED) is 0.555. The Morgan fingerprint density at radius 2 is 2.36 bits per heavy atom. The lowest BCUT2D eigenvalue weighted by Gasteiger charge is -2.11. The number of hydrogen-bond donors (Lipinski definition) is 3. The van der Waals surface area contributed by atoms with Gasteiger partial charge >= 0.3 is 0 Å². The lowest BCUT2D eigenvalue weighted by molar-refractivity contribution is -0.126. The maximum atomic E-state index is 11.4. The highest BCUT2D eigenvalue weighted by Gasteiger charge is 2.24. The molecule has 1 aliphatic heterocycles. The molecule has 0 aliphatic carbocycles. The number of aliphatic hydroxyl groups is 1. The van der Waals surface area contributed by atoms with Crippen LogP contribution in [0.2, 0.25) is 0 Å². The summed E-state index contributed by atoms with van der Waals surface area (Å²) in [4.78, 5) is 21.8. The van der Waals surface area contributed by atoms with Crippen LogP contribution < -0.4 is 11.1 Å². The second-order valence-electron chi connectivity index (χ2n) is 3.16. The maximum absolute atomic E-state index is 11.4. The molecular weight excluding hydrogens is 204 g/mol. The summed E-state index contributed by atoms with van der Waals surface area (Å²) in [5.74, 6) is 0.0633. The smallest absolute Gasteiger partial charge is 0.248 e. The summed E-state index contributed by atoms with van der Waals surface area (Å²) >= 11 is 1.60. The molecule has 0 saturated carbocycles. The fourth-order valence-electron chi connectivity index (χ4n) is 1.20. The van der Waals surface area contributed by atoms with Gasteiger partial charge in [-0.15, -0.1) is 11.8 Å². The van der Waals surface area contributed by atoms with Crippen LogP contribution in [-0.4, -0.2) is 40.6 Å². The fraction of sp³-hybridized carbons (Fsp3) is 0.750. The molecule has 0 aromatic carbocycles. The van der Waals surface area contributed by atoms with Crippen LogP contribution in [0.3, 0.4) is 0 Å². The first-order valence-electron chi connectivity index (χ1n) is 4.48. The van der Waals surface area contributed by atoms with Crippen LogP contribution >= 0.6 is 11.8 Å². The van der Waals surface area contributed by atoms with E-state index in [1.54, 1.807) is 11.8 Å². The third-order valence-electron chi connectivity index (χ3n) is 2.02. The van der Waals surface area contributed by atoms with Crippen molar-refractivity contribution >= 4 is 23.6 Å². The molecule has 2 atom stereocenters. The summed E-state index contributed by atoms with van der Waals surface area (Å²) in [5, 5.41) is 11.5. The normalized spacial score (nSPS) is 23.1. The van der Waals surface area contributed by atoms with E-state index in [0.717, 1.165) is 18.6 Å². The van der Waals surface area contributed by atoms with Crippen molar-refractivity contribution in [3.05, 3.63) is 0 Å². The predicted octanol–water partition coefficient (Wildman–Crippen LogP) is -1.16. The van der Waals surface area contributed by atoms with E-state index in [1.165, 1.54) is 0 Å². The lowest BCUT2D eigenvalue weighted by Crippen LogP contribution is -2.42. The Hall–Kier alpha value is -0.750. The number of carbonyl (C=O) groups excluding carboxylic acids is 2. The largest absolute Gasteiger partial charge is 0.381 e. The van der Waals surface area contributed by atoms with Gasteiger partial charge in [0, 0.05) is 0 Å². The third kappa shape index (κ3) is 3.19. The van der Waals surface area contributed by atoms with Gasteiger partial charge in [0.1, 0.15) is 6.10 Å². The summed E-state index contributed by atoms with van der Waals surface area (Å²) in [5.41, 5.74) is 4.83. The van der Waals surface area contributed by atoms with E-state index in [9.17, 15) is 9.59 Å². The Kier molecular flexibility index (Phi) is 4.21. The van der Waals surface area contributed by atoms with Gasteiger partial charge in [-0.25, -0.2) is 0 Å². The second kappa shape index (κ2) is 5.21. The molecule has 6 heteroatoms.